The highest BCUT2D eigenvalue weighted by molar-refractivity contribution is 7.91. The van der Waals surface area contributed by atoms with Gasteiger partial charge in [-0.3, -0.25) is 0 Å². The minimum absolute atomic E-state index is 0.00673. The number of hydrogen-bond acceptors (Lipinski definition) is 6. The predicted molar refractivity (Wildman–Crippen MR) is 80.4 cm³/mol. The molecule has 0 radical (unpaired) electrons. The zero-order valence-corrected chi connectivity index (χ0v) is 13.5. The van der Waals surface area contributed by atoms with Gasteiger partial charge in [0.25, 0.3) is 0 Å². The van der Waals surface area contributed by atoms with Gasteiger partial charge in [-0.05, 0) is 0 Å². The van der Waals surface area contributed by atoms with Crippen molar-refractivity contribution in [3.05, 3.63) is 11.9 Å². The molecule has 0 aromatic carbocycles. The number of imidazole rings is 1. The fourth-order valence-corrected chi connectivity index (χ4v) is 4.22. The lowest BCUT2D eigenvalue weighted by atomic mass is 9.93. The van der Waals surface area contributed by atoms with Crippen molar-refractivity contribution in [3.63, 3.8) is 0 Å². The number of aromatic nitrogens is 3. The van der Waals surface area contributed by atoms with E-state index in [1.165, 1.54) is 11.3 Å². The number of anilines is 1. The van der Waals surface area contributed by atoms with E-state index >= 15 is 0 Å². The SMILES string of the molecule is CC(C)(C)c1cn2nc(N3CCS(=O)(=O)CC3)sc2n1. The summed E-state index contributed by atoms with van der Waals surface area (Å²) in [4.78, 5) is 7.49. The third-order valence-electron chi connectivity index (χ3n) is 3.42. The molecule has 0 amide bonds. The van der Waals surface area contributed by atoms with E-state index in [1.807, 2.05) is 11.1 Å². The second-order valence-electron chi connectivity index (χ2n) is 6.13. The molecule has 0 N–H and O–H groups in total. The van der Waals surface area contributed by atoms with Crippen molar-refractivity contribution in [1.29, 1.82) is 0 Å². The third-order valence-corrected chi connectivity index (χ3v) is 6.01. The van der Waals surface area contributed by atoms with Gasteiger partial charge in [-0.2, -0.15) is 0 Å². The lowest BCUT2D eigenvalue weighted by Crippen LogP contribution is -2.40. The van der Waals surface area contributed by atoms with Crippen LogP contribution in [0.15, 0.2) is 6.20 Å². The van der Waals surface area contributed by atoms with E-state index < -0.39 is 9.84 Å². The normalized spacial score (nSPS) is 19.6. The van der Waals surface area contributed by atoms with Gasteiger partial charge in [0, 0.05) is 18.5 Å². The van der Waals surface area contributed by atoms with Crippen molar-refractivity contribution in [2.24, 2.45) is 0 Å². The number of nitrogens with zero attached hydrogens (tertiary/aromatic N) is 4. The average Bonchev–Trinajstić information content (AvgIpc) is 2.85. The second-order valence-corrected chi connectivity index (χ2v) is 9.36. The van der Waals surface area contributed by atoms with E-state index in [-0.39, 0.29) is 16.9 Å². The highest BCUT2D eigenvalue weighted by atomic mass is 32.2. The molecule has 0 saturated carbocycles. The van der Waals surface area contributed by atoms with Crippen molar-refractivity contribution in [2.75, 3.05) is 29.5 Å². The van der Waals surface area contributed by atoms with Crippen molar-refractivity contribution in [2.45, 2.75) is 26.2 Å². The Morgan fingerprint density at radius 2 is 1.90 bits per heavy atom. The van der Waals surface area contributed by atoms with Crippen LogP contribution in [-0.4, -0.2) is 47.6 Å². The van der Waals surface area contributed by atoms with E-state index in [9.17, 15) is 8.42 Å². The third kappa shape index (κ3) is 2.54. The Balaban J connectivity index is 1.86. The molecule has 6 nitrogen and oxygen atoms in total. The molecule has 2 aromatic rings. The Morgan fingerprint density at radius 3 is 2.45 bits per heavy atom. The molecule has 1 aliphatic rings. The molecule has 0 spiro atoms. The number of sulfone groups is 1. The summed E-state index contributed by atoms with van der Waals surface area (Å²) in [7, 11) is -2.85. The molecule has 1 aliphatic heterocycles. The molecule has 2 aromatic heterocycles. The number of hydrogen-bond donors (Lipinski definition) is 0. The van der Waals surface area contributed by atoms with E-state index in [1.54, 1.807) is 4.52 Å². The van der Waals surface area contributed by atoms with Gasteiger partial charge in [0.1, 0.15) is 0 Å². The van der Waals surface area contributed by atoms with Crippen molar-refractivity contribution < 1.29 is 8.42 Å². The van der Waals surface area contributed by atoms with Gasteiger partial charge >= 0.3 is 0 Å². The average molecular weight is 314 g/mol. The van der Waals surface area contributed by atoms with Crippen LogP contribution in [0.2, 0.25) is 0 Å². The van der Waals surface area contributed by atoms with Crippen molar-refractivity contribution in [1.82, 2.24) is 14.6 Å². The minimum atomic E-state index is -2.85. The summed E-state index contributed by atoms with van der Waals surface area (Å²) in [6.07, 6.45) is 1.95. The fourth-order valence-electron chi connectivity index (χ4n) is 2.08. The first-order valence-electron chi connectivity index (χ1n) is 6.57. The molecule has 0 bridgehead atoms. The molecule has 0 unspecified atom stereocenters. The van der Waals surface area contributed by atoms with Gasteiger partial charge in [-0.1, -0.05) is 32.1 Å². The minimum Gasteiger partial charge on any atom is -0.345 e. The van der Waals surface area contributed by atoms with Crippen molar-refractivity contribution in [3.8, 4) is 0 Å². The quantitative estimate of drug-likeness (QED) is 0.794. The van der Waals surface area contributed by atoms with Crippen LogP contribution in [0.4, 0.5) is 5.13 Å². The first-order chi connectivity index (χ1) is 9.24. The number of rotatable bonds is 1. The standard InChI is InChI=1S/C12H18N4O2S2/c1-12(2,3)9-8-16-10(13-9)19-11(14-16)15-4-6-20(17,18)7-5-15/h8H,4-7H2,1-3H3. The van der Waals surface area contributed by atoms with Crippen LogP contribution in [0, 0.1) is 0 Å². The lowest BCUT2D eigenvalue weighted by Gasteiger charge is -2.25. The molecule has 1 fully saturated rings. The van der Waals surface area contributed by atoms with Gasteiger partial charge in [0.05, 0.1) is 23.4 Å². The second kappa shape index (κ2) is 4.42. The topological polar surface area (TPSA) is 67.6 Å². The fraction of sp³-hybridized carbons (Fsp3) is 0.667. The maximum absolute atomic E-state index is 11.4. The summed E-state index contributed by atoms with van der Waals surface area (Å²) in [5, 5.41) is 5.37. The van der Waals surface area contributed by atoms with Crippen LogP contribution in [-0.2, 0) is 15.3 Å². The van der Waals surface area contributed by atoms with Gasteiger partial charge in [-0.15, -0.1) is 5.10 Å². The first kappa shape index (κ1) is 13.8. The molecule has 8 heteroatoms. The van der Waals surface area contributed by atoms with E-state index in [4.69, 9.17) is 0 Å². The first-order valence-corrected chi connectivity index (χ1v) is 9.20. The van der Waals surface area contributed by atoms with Crippen LogP contribution >= 0.6 is 11.3 Å². The number of fused-ring (bicyclic) bond motifs is 1. The maximum Gasteiger partial charge on any atom is 0.214 e. The Labute approximate surface area is 122 Å². The van der Waals surface area contributed by atoms with Gasteiger partial charge in [0.2, 0.25) is 10.1 Å². The zero-order valence-electron chi connectivity index (χ0n) is 11.8. The Kier molecular flexibility index (Phi) is 3.06. The highest BCUT2D eigenvalue weighted by Gasteiger charge is 2.25. The molecule has 110 valence electrons. The Bertz CT molecular complexity index is 694. The van der Waals surface area contributed by atoms with Crippen LogP contribution in [0.5, 0.6) is 0 Å². The van der Waals surface area contributed by atoms with Crippen LogP contribution < -0.4 is 4.90 Å². The monoisotopic (exact) mass is 314 g/mol. The van der Waals surface area contributed by atoms with E-state index in [2.05, 4.69) is 30.9 Å². The summed E-state index contributed by atoms with van der Waals surface area (Å²) in [5.41, 5.74) is 1.02. The molecular weight excluding hydrogens is 296 g/mol. The van der Waals surface area contributed by atoms with Crippen molar-refractivity contribution >= 4 is 31.3 Å². The van der Waals surface area contributed by atoms with Crippen LogP contribution in [0.3, 0.4) is 0 Å². The summed E-state index contributed by atoms with van der Waals surface area (Å²) < 4.78 is 24.7. The molecule has 20 heavy (non-hydrogen) atoms. The predicted octanol–water partition coefficient (Wildman–Crippen LogP) is 1.32. The Hall–Kier alpha value is -1.15. The lowest BCUT2D eigenvalue weighted by molar-refractivity contribution is 0.572. The Morgan fingerprint density at radius 1 is 1.25 bits per heavy atom. The van der Waals surface area contributed by atoms with Gasteiger partial charge < -0.3 is 4.90 Å². The maximum atomic E-state index is 11.4. The van der Waals surface area contributed by atoms with Crippen LogP contribution in [0.1, 0.15) is 26.5 Å². The van der Waals surface area contributed by atoms with Gasteiger partial charge in [0.15, 0.2) is 9.84 Å². The summed E-state index contributed by atoms with van der Waals surface area (Å²) >= 11 is 1.51. The highest BCUT2D eigenvalue weighted by Crippen LogP contribution is 2.28. The molecule has 0 atom stereocenters. The zero-order chi connectivity index (χ0) is 14.5. The van der Waals surface area contributed by atoms with E-state index in [0.717, 1.165) is 15.8 Å². The van der Waals surface area contributed by atoms with Crippen LogP contribution in [0.25, 0.3) is 4.96 Å². The largest absolute Gasteiger partial charge is 0.345 e. The summed E-state index contributed by atoms with van der Waals surface area (Å²) in [6, 6.07) is 0. The smallest absolute Gasteiger partial charge is 0.214 e. The molecule has 1 saturated heterocycles. The summed E-state index contributed by atoms with van der Waals surface area (Å²) in [5.74, 6) is 0.421. The summed E-state index contributed by atoms with van der Waals surface area (Å²) in [6.45, 7) is 7.40. The molecular formula is C12H18N4O2S2. The van der Waals surface area contributed by atoms with Gasteiger partial charge in [-0.25, -0.2) is 17.9 Å². The molecule has 0 aliphatic carbocycles. The van der Waals surface area contributed by atoms with E-state index in [0.29, 0.717) is 13.1 Å². The molecule has 3 rings (SSSR count). The molecule has 3 heterocycles.